The number of aryl methyl sites for hydroxylation is 1. The van der Waals surface area contributed by atoms with Crippen LogP contribution in [-0.4, -0.2) is 44.9 Å². The molecule has 1 aliphatic heterocycles. The fraction of sp³-hybridized carbons (Fsp3) is 0.333. The molecule has 2 aromatic rings. The van der Waals surface area contributed by atoms with Crippen LogP contribution in [0.25, 0.3) is 0 Å². The third kappa shape index (κ3) is 4.51. The number of sulfonamides is 1. The van der Waals surface area contributed by atoms with Crippen LogP contribution in [0.1, 0.15) is 34.5 Å². The monoisotopic (exact) mass is 431 g/mol. The molecule has 0 saturated carbocycles. The summed E-state index contributed by atoms with van der Waals surface area (Å²) in [5.74, 6) is -1.27. The second-order valence-corrected chi connectivity index (χ2v) is 8.66. The Bertz CT molecular complexity index is 1080. The number of nitrogens with one attached hydrogen (secondary N) is 1. The SMILES string of the molecule is CCc1ccc(C(=O)NC(C#N)c2ccccc2F)cc1S(=O)(=O)N1CCOCC1. The fourth-order valence-corrected chi connectivity index (χ4v) is 4.98. The fourth-order valence-electron chi connectivity index (χ4n) is 3.26. The van der Waals surface area contributed by atoms with Crippen LogP contribution in [0.4, 0.5) is 4.39 Å². The number of morpholine rings is 1. The number of carbonyl (C=O) groups excluding carboxylic acids is 1. The van der Waals surface area contributed by atoms with Gasteiger partial charge in [0.15, 0.2) is 0 Å². The molecule has 0 aromatic heterocycles. The van der Waals surface area contributed by atoms with Gasteiger partial charge in [-0.2, -0.15) is 9.57 Å². The number of nitrogens with zero attached hydrogens (tertiary/aromatic N) is 2. The van der Waals surface area contributed by atoms with Gasteiger partial charge in [-0.05, 0) is 30.2 Å². The standard InChI is InChI=1S/C21H22FN3O4S/c1-2-15-7-8-16(13-20(15)30(27,28)25-9-11-29-12-10-25)21(26)24-19(14-23)17-5-3-4-6-18(17)22/h3-8,13,19H,2,9-12H2,1H3,(H,24,26). The van der Waals surface area contributed by atoms with Crippen LogP contribution in [0.15, 0.2) is 47.4 Å². The molecule has 0 aliphatic carbocycles. The van der Waals surface area contributed by atoms with Gasteiger partial charge in [-0.1, -0.05) is 31.2 Å². The number of halogens is 1. The van der Waals surface area contributed by atoms with Gasteiger partial charge in [0.1, 0.15) is 11.9 Å². The van der Waals surface area contributed by atoms with Crippen molar-refractivity contribution in [2.75, 3.05) is 26.3 Å². The summed E-state index contributed by atoms with van der Waals surface area (Å²) in [5.41, 5.74) is 0.708. The number of rotatable bonds is 6. The Kier molecular flexibility index (Phi) is 6.82. The number of benzene rings is 2. The first-order chi connectivity index (χ1) is 14.4. The maximum atomic E-state index is 14.0. The topological polar surface area (TPSA) is 99.5 Å². The first-order valence-corrected chi connectivity index (χ1v) is 11.0. The lowest BCUT2D eigenvalue weighted by Gasteiger charge is -2.27. The number of amides is 1. The second kappa shape index (κ2) is 9.34. The van der Waals surface area contributed by atoms with Crippen molar-refractivity contribution < 1.29 is 22.3 Å². The largest absolute Gasteiger partial charge is 0.379 e. The van der Waals surface area contributed by atoms with E-state index in [1.165, 1.54) is 34.6 Å². The van der Waals surface area contributed by atoms with Crippen LogP contribution in [0.5, 0.6) is 0 Å². The van der Waals surface area contributed by atoms with Gasteiger partial charge in [0, 0.05) is 24.2 Å². The molecule has 0 spiro atoms. The average molecular weight is 431 g/mol. The Balaban J connectivity index is 1.91. The molecule has 1 N–H and O–H groups in total. The van der Waals surface area contributed by atoms with E-state index < -0.39 is 27.8 Å². The summed E-state index contributed by atoms with van der Waals surface area (Å²) < 4.78 is 46.8. The van der Waals surface area contributed by atoms with Crippen LogP contribution in [0, 0.1) is 17.1 Å². The molecule has 1 heterocycles. The van der Waals surface area contributed by atoms with E-state index in [1.54, 1.807) is 12.1 Å². The van der Waals surface area contributed by atoms with E-state index in [0.29, 0.717) is 25.2 Å². The van der Waals surface area contributed by atoms with Crippen molar-refractivity contribution in [3.63, 3.8) is 0 Å². The second-order valence-electron chi connectivity index (χ2n) is 6.75. The van der Waals surface area contributed by atoms with Gasteiger partial charge >= 0.3 is 0 Å². The van der Waals surface area contributed by atoms with Gasteiger partial charge in [0.05, 0.1) is 24.2 Å². The summed E-state index contributed by atoms with van der Waals surface area (Å²) in [6.07, 6.45) is 0.469. The van der Waals surface area contributed by atoms with E-state index in [-0.39, 0.29) is 29.1 Å². The van der Waals surface area contributed by atoms with Crippen LogP contribution < -0.4 is 5.32 Å². The van der Waals surface area contributed by atoms with Crippen molar-refractivity contribution in [2.24, 2.45) is 0 Å². The molecule has 1 aliphatic rings. The van der Waals surface area contributed by atoms with Crippen LogP contribution in [0.3, 0.4) is 0 Å². The van der Waals surface area contributed by atoms with Crippen LogP contribution in [0.2, 0.25) is 0 Å². The molecule has 1 fully saturated rings. The van der Waals surface area contributed by atoms with Crippen molar-refractivity contribution in [2.45, 2.75) is 24.3 Å². The quantitative estimate of drug-likeness (QED) is 0.757. The Morgan fingerprint density at radius 1 is 1.27 bits per heavy atom. The van der Waals surface area contributed by atoms with Gasteiger partial charge in [-0.25, -0.2) is 12.8 Å². The van der Waals surface area contributed by atoms with Crippen LogP contribution >= 0.6 is 0 Å². The molecule has 3 rings (SSSR count). The highest BCUT2D eigenvalue weighted by atomic mass is 32.2. The van der Waals surface area contributed by atoms with Crippen molar-refractivity contribution in [3.05, 3.63) is 65.0 Å². The highest BCUT2D eigenvalue weighted by Crippen LogP contribution is 2.24. The predicted molar refractivity (Wildman–Crippen MR) is 108 cm³/mol. The Hall–Kier alpha value is -2.80. The van der Waals surface area contributed by atoms with Crippen molar-refractivity contribution >= 4 is 15.9 Å². The lowest BCUT2D eigenvalue weighted by molar-refractivity contribution is 0.0730. The van der Waals surface area contributed by atoms with E-state index >= 15 is 0 Å². The van der Waals surface area contributed by atoms with Gasteiger partial charge in [0.2, 0.25) is 10.0 Å². The van der Waals surface area contributed by atoms with Gasteiger partial charge in [0.25, 0.3) is 5.91 Å². The number of hydrogen-bond donors (Lipinski definition) is 1. The number of ether oxygens (including phenoxy) is 1. The molecule has 30 heavy (non-hydrogen) atoms. The zero-order chi connectivity index (χ0) is 21.7. The van der Waals surface area contributed by atoms with Gasteiger partial charge < -0.3 is 10.1 Å². The van der Waals surface area contributed by atoms with Crippen LogP contribution in [-0.2, 0) is 21.2 Å². The summed E-state index contributed by atoms with van der Waals surface area (Å²) in [5, 5.41) is 11.9. The number of carbonyl (C=O) groups is 1. The Morgan fingerprint density at radius 3 is 2.60 bits per heavy atom. The van der Waals surface area contributed by atoms with E-state index in [2.05, 4.69) is 5.32 Å². The first-order valence-electron chi connectivity index (χ1n) is 9.54. The molecule has 1 atom stereocenters. The predicted octanol–water partition coefficient (Wildman–Crippen LogP) is 2.40. The summed E-state index contributed by atoms with van der Waals surface area (Å²) in [7, 11) is -3.81. The zero-order valence-corrected chi connectivity index (χ0v) is 17.3. The molecular formula is C21H22FN3O4S. The molecule has 158 valence electrons. The number of hydrogen-bond acceptors (Lipinski definition) is 5. The normalized spacial score (nSPS) is 15.9. The summed E-state index contributed by atoms with van der Waals surface area (Å²) in [6.45, 7) is 2.94. The minimum Gasteiger partial charge on any atom is -0.379 e. The summed E-state index contributed by atoms with van der Waals surface area (Å²) in [6, 6.07) is 10.7. The molecule has 1 saturated heterocycles. The lowest BCUT2D eigenvalue weighted by Crippen LogP contribution is -2.41. The van der Waals surface area contributed by atoms with Crippen molar-refractivity contribution in [3.8, 4) is 6.07 Å². The van der Waals surface area contributed by atoms with Crippen molar-refractivity contribution in [1.29, 1.82) is 5.26 Å². The highest BCUT2D eigenvalue weighted by Gasteiger charge is 2.29. The minimum absolute atomic E-state index is 0.0414. The van der Waals surface area contributed by atoms with E-state index in [0.717, 1.165) is 0 Å². The van der Waals surface area contributed by atoms with Gasteiger partial charge in [-0.15, -0.1) is 0 Å². The Labute approximate surface area is 175 Å². The third-order valence-corrected chi connectivity index (χ3v) is 6.90. The molecule has 0 bridgehead atoms. The molecule has 9 heteroatoms. The molecule has 2 aromatic carbocycles. The van der Waals surface area contributed by atoms with Crippen molar-refractivity contribution in [1.82, 2.24) is 9.62 Å². The van der Waals surface area contributed by atoms with E-state index in [4.69, 9.17) is 4.74 Å². The molecule has 1 amide bonds. The summed E-state index contributed by atoms with van der Waals surface area (Å²) >= 11 is 0. The maximum Gasteiger partial charge on any atom is 0.252 e. The van der Waals surface area contributed by atoms with E-state index in [9.17, 15) is 22.9 Å². The lowest BCUT2D eigenvalue weighted by atomic mass is 10.1. The summed E-state index contributed by atoms with van der Waals surface area (Å²) in [4.78, 5) is 12.8. The average Bonchev–Trinajstić information content (AvgIpc) is 2.78. The highest BCUT2D eigenvalue weighted by molar-refractivity contribution is 7.89. The zero-order valence-electron chi connectivity index (χ0n) is 16.5. The third-order valence-electron chi connectivity index (χ3n) is 4.92. The molecular weight excluding hydrogens is 409 g/mol. The molecule has 7 nitrogen and oxygen atoms in total. The Morgan fingerprint density at radius 2 is 1.97 bits per heavy atom. The van der Waals surface area contributed by atoms with E-state index in [1.807, 2.05) is 13.0 Å². The minimum atomic E-state index is -3.81. The number of nitriles is 1. The molecule has 1 unspecified atom stereocenters. The maximum absolute atomic E-state index is 14.0. The molecule has 0 radical (unpaired) electrons. The first kappa shape index (κ1) is 21.9. The smallest absolute Gasteiger partial charge is 0.252 e. The van der Waals surface area contributed by atoms with Gasteiger partial charge in [-0.3, -0.25) is 4.79 Å².